The maximum Gasteiger partial charge on any atom is -0.0145 e. The Hall–Kier alpha value is -0.260. The highest BCUT2D eigenvalue weighted by atomic mass is 14.4. The molecule has 12 heavy (non-hydrogen) atoms. The highest BCUT2D eigenvalue weighted by Crippen LogP contribution is 2.51. The molecule has 0 heterocycles. The Bertz CT molecular complexity index is 220. The summed E-state index contributed by atoms with van der Waals surface area (Å²) >= 11 is 0. The predicted molar refractivity (Wildman–Crippen MR) is 53.1 cm³/mol. The summed E-state index contributed by atoms with van der Waals surface area (Å²) in [5, 5.41) is 0. The van der Waals surface area contributed by atoms with Gasteiger partial charge in [-0.15, -0.1) is 0 Å². The van der Waals surface area contributed by atoms with Crippen molar-refractivity contribution < 1.29 is 0 Å². The molecule has 0 radical (unpaired) electrons. The monoisotopic (exact) mass is 164 g/mol. The summed E-state index contributed by atoms with van der Waals surface area (Å²) in [6.45, 7) is 7.14. The summed E-state index contributed by atoms with van der Waals surface area (Å²) in [4.78, 5) is 0. The van der Waals surface area contributed by atoms with Crippen molar-refractivity contribution in [1.82, 2.24) is 0 Å². The van der Waals surface area contributed by atoms with Crippen LogP contribution >= 0.6 is 0 Å². The molecule has 0 heteroatoms. The largest absolute Gasteiger partial charge is 0.0702 e. The van der Waals surface area contributed by atoms with Crippen LogP contribution in [0.4, 0.5) is 0 Å². The molecule has 0 amide bonds. The number of fused-ring (bicyclic) bond motifs is 2. The summed E-state index contributed by atoms with van der Waals surface area (Å²) in [7, 11) is 0. The molecule has 2 bridgehead atoms. The highest BCUT2D eigenvalue weighted by molar-refractivity contribution is 5.30. The molecule has 0 spiro atoms. The van der Waals surface area contributed by atoms with Crippen molar-refractivity contribution in [3.8, 4) is 0 Å². The van der Waals surface area contributed by atoms with Gasteiger partial charge in [-0.05, 0) is 43.4 Å². The standard InChI is InChI=1S/C12H20/c1-4-12(2,3)11-8-9-5-6-10(11)7-9/h9H,4-8H2,1-3H3. The second-order valence-corrected chi connectivity index (χ2v) is 5.13. The Morgan fingerprint density at radius 2 is 2.08 bits per heavy atom. The van der Waals surface area contributed by atoms with Crippen LogP contribution in [0.2, 0.25) is 0 Å². The maximum atomic E-state index is 2.41. The van der Waals surface area contributed by atoms with Crippen LogP contribution in [0.25, 0.3) is 0 Å². The van der Waals surface area contributed by atoms with Crippen molar-refractivity contribution in [2.24, 2.45) is 11.3 Å². The van der Waals surface area contributed by atoms with Gasteiger partial charge in [-0.1, -0.05) is 31.9 Å². The molecule has 1 saturated carbocycles. The second kappa shape index (κ2) is 2.61. The van der Waals surface area contributed by atoms with Gasteiger partial charge in [0.15, 0.2) is 0 Å². The van der Waals surface area contributed by atoms with Gasteiger partial charge in [0.05, 0.1) is 0 Å². The third-order valence-corrected chi connectivity index (χ3v) is 4.01. The number of allylic oxidation sites excluding steroid dienone is 2. The Morgan fingerprint density at radius 1 is 1.33 bits per heavy atom. The number of hydrogen-bond donors (Lipinski definition) is 0. The van der Waals surface area contributed by atoms with E-state index < -0.39 is 0 Å². The summed E-state index contributed by atoms with van der Waals surface area (Å²) in [5.41, 5.74) is 4.15. The van der Waals surface area contributed by atoms with Crippen LogP contribution in [0.3, 0.4) is 0 Å². The van der Waals surface area contributed by atoms with Gasteiger partial charge in [0.2, 0.25) is 0 Å². The van der Waals surface area contributed by atoms with E-state index in [-0.39, 0.29) is 0 Å². The highest BCUT2D eigenvalue weighted by Gasteiger charge is 2.36. The van der Waals surface area contributed by atoms with E-state index in [0.29, 0.717) is 5.41 Å². The van der Waals surface area contributed by atoms with Crippen LogP contribution in [0.5, 0.6) is 0 Å². The van der Waals surface area contributed by atoms with Crippen LogP contribution in [0, 0.1) is 11.3 Å². The number of rotatable bonds is 2. The van der Waals surface area contributed by atoms with Crippen LogP contribution in [0.1, 0.15) is 52.9 Å². The molecule has 0 nitrogen and oxygen atoms in total. The Morgan fingerprint density at radius 3 is 2.50 bits per heavy atom. The van der Waals surface area contributed by atoms with Crippen LogP contribution in [-0.4, -0.2) is 0 Å². The van der Waals surface area contributed by atoms with E-state index in [1.54, 1.807) is 0 Å². The summed E-state index contributed by atoms with van der Waals surface area (Å²) in [5.74, 6) is 1.04. The van der Waals surface area contributed by atoms with E-state index in [2.05, 4.69) is 20.8 Å². The van der Waals surface area contributed by atoms with Gasteiger partial charge in [-0.3, -0.25) is 0 Å². The van der Waals surface area contributed by atoms with E-state index in [1.165, 1.54) is 32.1 Å². The molecule has 0 saturated heterocycles. The minimum absolute atomic E-state index is 0.504. The van der Waals surface area contributed by atoms with Gasteiger partial charge in [-0.25, -0.2) is 0 Å². The van der Waals surface area contributed by atoms with Gasteiger partial charge in [0, 0.05) is 0 Å². The fourth-order valence-electron chi connectivity index (χ4n) is 2.78. The minimum Gasteiger partial charge on any atom is -0.0702 e. The lowest BCUT2D eigenvalue weighted by molar-refractivity contribution is 0.391. The SMILES string of the molecule is CCC(C)(C)C1=C2CCC(C2)C1. The van der Waals surface area contributed by atoms with Gasteiger partial charge in [0.1, 0.15) is 0 Å². The Balaban J connectivity index is 2.25. The molecular weight excluding hydrogens is 144 g/mol. The molecule has 0 aromatic rings. The Labute approximate surface area is 76.1 Å². The van der Waals surface area contributed by atoms with Crippen LogP contribution in [-0.2, 0) is 0 Å². The van der Waals surface area contributed by atoms with Crippen LogP contribution < -0.4 is 0 Å². The zero-order valence-corrected chi connectivity index (χ0v) is 8.61. The average molecular weight is 164 g/mol. The van der Waals surface area contributed by atoms with Crippen molar-refractivity contribution in [1.29, 1.82) is 0 Å². The molecule has 0 aromatic carbocycles. The molecule has 1 unspecified atom stereocenters. The first-order chi connectivity index (χ1) is 5.63. The maximum absolute atomic E-state index is 2.41. The van der Waals surface area contributed by atoms with Crippen molar-refractivity contribution in [2.75, 3.05) is 0 Å². The molecule has 68 valence electrons. The molecule has 0 aromatic heterocycles. The van der Waals surface area contributed by atoms with E-state index in [4.69, 9.17) is 0 Å². The molecule has 2 aliphatic carbocycles. The van der Waals surface area contributed by atoms with Crippen LogP contribution in [0.15, 0.2) is 11.1 Å². The van der Waals surface area contributed by atoms with Crippen molar-refractivity contribution in [3.05, 3.63) is 11.1 Å². The third-order valence-electron chi connectivity index (χ3n) is 4.01. The molecular formula is C12H20. The molecule has 0 aliphatic heterocycles. The lowest BCUT2D eigenvalue weighted by atomic mass is 9.77. The first kappa shape index (κ1) is 8.34. The summed E-state index contributed by atoms with van der Waals surface area (Å²) in [6.07, 6.45) is 7.08. The van der Waals surface area contributed by atoms with Gasteiger partial charge in [0.25, 0.3) is 0 Å². The molecule has 1 atom stereocenters. The van der Waals surface area contributed by atoms with Crippen molar-refractivity contribution in [3.63, 3.8) is 0 Å². The van der Waals surface area contributed by atoms with Gasteiger partial charge in [-0.2, -0.15) is 0 Å². The first-order valence-corrected chi connectivity index (χ1v) is 5.35. The summed E-state index contributed by atoms with van der Waals surface area (Å²) < 4.78 is 0. The number of hydrogen-bond acceptors (Lipinski definition) is 0. The normalized spacial score (nSPS) is 28.8. The van der Waals surface area contributed by atoms with Crippen molar-refractivity contribution in [2.45, 2.75) is 52.9 Å². The third kappa shape index (κ3) is 1.12. The fourth-order valence-corrected chi connectivity index (χ4v) is 2.78. The second-order valence-electron chi connectivity index (χ2n) is 5.13. The smallest absolute Gasteiger partial charge is 0.0145 e. The lowest BCUT2D eigenvalue weighted by Crippen LogP contribution is -2.15. The van der Waals surface area contributed by atoms with Gasteiger partial charge >= 0.3 is 0 Å². The average Bonchev–Trinajstić information content (AvgIpc) is 2.64. The molecule has 2 rings (SSSR count). The molecule has 2 aliphatic rings. The topological polar surface area (TPSA) is 0 Å². The zero-order chi connectivity index (χ0) is 8.77. The van der Waals surface area contributed by atoms with E-state index in [0.717, 1.165) is 5.92 Å². The zero-order valence-electron chi connectivity index (χ0n) is 8.61. The fraction of sp³-hybridized carbons (Fsp3) is 0.833. The minimum atomic E-state index is 0.504. The van der Waals surface area contributed by atoms with Crippen molar-refractivity contribution >= 4 is 0 Å². The first-order valence-electron chi connectivity index (χ1n) is 5.35. The quantitative estimate of drug-likeness (QED) is 0.543. The van der Waals surface area contributed by atoms with E-state index in [1.807, 2.05) is 11.1 Å². The van der Waals surface area contributed by atoms with E-state index >= 15 is 0 Å². The van der Waals surface area contributed by atoms with Gasteiger partial charge < -0.3 is 0 Å². The van der Waals surface area contributed by atoms with E-state index in [9.17, 15) is 0 Å². The lowest BCUT2D eigenvalue weighted by Gasteiger charge is -2.28. The summed E-state index contributed by atoms with van der Waals surface area (Å²) in [6, 6.07) is 0. The molecule has 0 N–H and O–H groups in total. The molecule has 1 fully saturated rings. The Kier molecular flexibility index (Phi) is 1.82. The predicted octanol–water partition coefficient (Wildman–Crippen LogP) is 3.92.